The molecule has 0 heterocycles. The van der Waals surface area contributed by atoms with E-state index < -0.39 is 0 Å². The van der Waals surface area contributed by atoms with Crippen LogP contribution in [0.3, 0.4) is 0 Å². The molecule has 0 aliphatic rings. The van der Waals surface area contributed by atoms with E-state index in [9.17, 15) is 9.59 Å². The Morgan fingerprint density at radius 1 is 0.733 bits per heavy atom. The standard InChI is InChI=1S/C26H28N2O2/c1-20(18-25(29)27-21(2)22-12-6-3-7-13-22)19-26(30)28(23-14-8-4-9-15-23)24-16-10-5-11-17-24/h3-17,20-21H,18-19H2,1-2H3,(H,27,29)/t20-,21+/m1/s1. The Bertz CT molecular complexity index is 903. The summed E-state index contributed by atoms with van der Waals surface area (Å²) in [4.78, 5) is 27.4. The summed E-state index contributed by atoms with van der Waals surface area (Å²) in [7, 11) is 0. The Morgan fingerprint density at radius 2 is 1.20 bits per heavy atom. The molecule has 0 aromatic heterocycles. The van der Waals surface area contributed by atoms with Crippen LogP contribution in [0, 0.1) is 5.92 Å². The maximum atomic E-state index is 13.2. The van der Waals surface area contributed by atoms with E-state index >= 15 is 0 Å². The lowest BCUT2D eigenvalue weighted by Gasteiger charge is -2.24. The van der Waals surface area contributed by atoms with Crippen molar-refractivity contribution < 1.29 is 9.59 Å². The van der Waals surface area contributed by atoms with Crippen LogP contribution in [-0.4, -0.2) is 11.8 Å². The molecule has 0 saturated heterocycles. The van der Waals surface area contributed by atoms with E-state index in [1.165, 1.54) is 0 Å². The van der Waals surface area contributed by atoms with E-state index in [0.717, 1.165) is 16.9 Å². The Kier molecular flexibility index (Phi) is 7.39. The van der Waals surface area contributed by atoms with E-state index in [2.05, 4.69) is 5.32 Å². The molecule has 3 rings (SSSR count). The Hall–Kier alpha value is -3.40. The molecule has 4 heteroatoms. The number of benzene rings is 3. The van der Waals surface area contributed by atoms with E-state index in [0.29, 0.717) is 6.42 Å². The van der Waals surface area contributed by atoms with E-state index in [1.54, 1.807) is 4.90 Å². The second-order valence-electron chi connectivity index (χ2n) is 7.61. The van der Waals surface area contributed by atoms with Gasteiger partial charge in [0.25, 0.3) is 0 Å². The second-order valence-corrected chi connectivity index (χ2v) is 7.61. The number of hydrogen-bond donors (Lipinski definition) is 1. The average molecular weight is 401 g/mol. The highest BCUT2D eigenvalue weighted by atomic mass is 16.2. The fourth-order valence-electron chi connectivity index (χ4n) is 3.49. The number of carbonyl (C=O) groups is 2. The minimum atomic E-state index is -0.0737. The third-order valence-electron chi connectivity index (χ3n) is 5.01. The minimum Gasteiger partial charge on any atom is -0.350 e. The number of rotatable bonds is 8. The molecular weight excluding hydrogens is 372 g/mol. The fourth-order valence-corrected chi connectivity index (χ4v) is 3.49. The first-order valence-corrected chi connectivity index (χ1v) is 10.3. The predicted octanol–water partition coefficient (Wildman–Crippen LogP) is 5.65. The third kappa shape index (κ3) is 5.80. The first-order chi connectivity index (χ1) is 14.5. The van der Waals surface area contributed by atoms with Crippen LogP contribution >= 0.6 is 0 Å². The van der Waals surface area contributed by atoms with Gasteiger partial charge >= 0.3 is 0 Å². The zero-order valence-corrected chi connectivity index (χ0v) is 17.5. The van der Waals surface area contributed by atoms with Gasteiger partial charge in [-0.25, -0.2) is 0 Å². The molecule has 0 unspecified atom stereocenters. The molecule has 0 aliphatic carbocycles. The second kappa shape index (κ2) is 10.4. The molecule has 3 aromatic carbocycles. The number of para-hydroxylation sites is 2. The number of hydrogen-bond acceptors (Lipinski definition) is 2. The summed E-state index contributed by atoms with van der Waals surface area (Å²) < 4.78 is 0. The molecule has 3 aromatic rings. The maximum Gasteiger partial charge on any atom is 0.231 e. The lowest BCUT2D eigenvalue weighted by Crippen LogP contribution is -2.31. The maximum absolute atomic E-state index is 13.2. The number of carbonyl (C=O) groups excluding carboxylic acids is 2. The summed E-state index contributed by atoms with van der Waals surface area (Å²) in [5.74, 6) is -0.142. The molecule has 0 bridgehead atoms. The topological polar surface area (TPSA) is 49.4 Å². The zero-order valence-electron chi connectivity index (χ0n) is 17.5. The van der Waals surface area contributed by atoms with Gasteiger partial charge in [0.2, 0.25) is 11.8 Å². The molecule has 0 spiro atoms. The Balaban J connectivity index is 1.63. The normalized spacial score (nSPS) is 12.6. The molecule has 0 saturated carbocycles. The van der Waals surface area contributed by atoms with Gasteiger partial charge in [-0.2, -0.15) is 0 Å². The van der Waals surface area contributed by atoms with Crippen LogP contribution in [0.5, 0.6) is 0 Å². The molecule has 2 atom stereocenters. The van der Waals surface area contributed by atoms with Gasteiger partial charge < -0.3 is 5.32 Å². The van der Waals surface area contributed by atoms with Crippen molar-refractivity contribution in [1.29, 1.82) is 0 Å². The Morgan fingerprint density at radius 3 is 1.70 bits per heavy atom. The summed E-state index contributed by atoms with van der Waals surface area (Å²) >= 11 is 0. The van der Waals surface area contributed by atoms with Crippen molar-refractivity contribution in [3.63, 3.8) is 0 Å². The summed E-state index contributed by atoms with van der Waals surface area (Å²) in [6, 6.07) is 29.0. The van der Waals surface area contributed by atoms with Crippen LogP contribution < -0.4 is 10.2 Å². The van der Waals surface area contributed by atoms with Gasteiger partial charge in [0.15, 0.2) is 0 Å². The van der Waals surface area contributed by atoms with Gasteiger partial charge in [-0.3, -0.25) is 14.5 Å². The third-order valence-corrected chi connectivity index (χ3v) is 5.01. The van der Waals surface area contributed by atoms with Crippen molar-refractivity contribution in [2.45, 2.75) is 32.7 Å². The molecule has 0 radical (unpaired) electrons. The highest BCUT2D eigenvalue weighted by molar-refractivity contribution is 6.00. The SMILES string of the molecule is C[C@H](CC(=O)N[C@@H](C)c1ccccc1)CC(=O)N(c1ccccc1)c1ccccc1. The molecule has 0 aliphatic heterocycles. The van der Waals surface area contributed by atoms with Crippen LogP contribution in [0.15, 0.2) is 91.0 Å². The van der Waals surface area contributed by atoms with Crippen LogP contribution in [-0.2, 0) is 9.59 Å². The van der Waals surface area contributed by atoms with Crippen molar-refractivity contribution in [1.82, 2.24) is 5.32 Å². The largest absolute Gasteiger partial charge is 0.350 e. The highest BCUT2D eigenvalue weighted by Crippen LogP contribution is 2.27. The van der Waals surface area contributed by atoms with E-state index in [4.69, 9.17) is 0 Å². The van der Waals surface area contributed by atoms with Gasteiger partial charge in [0.1, 0.15) is 0 Å². The van der Waals surface area contributed by atoms with Gasteiger partial charge in [-0.1, -0.05) is 73.7 Å². The van der Waals surface area contributed by atoms with Crippen LogP contribution in [0.25, 0.3) is 0 Å². The lowest BCUT2D eigenvalue weighted by molar-refractivity contribution is -0.123. The fraction of sp³-hybridized carbons (Fsp3) is 0.231. The molecule has 4 nitrogen and oxygen atoms in total. The monoisotopic (exact) mass is 400 g/mol. The van der Waals surface area contributed by atoms with Crippen LogP contribution in [0.1, 0.15) is 38.3 Å². The molecule has 2 amide bonds. The smallest absolute Gasteiger partial charge is 0.231 e. The summed E-state index contributed by atoms with van der Waals surface area (Å²) in [5.41, 5.74) is 2.71. The average Bonchev–Trinajstić information content (AvgIpc) is 2.75. The quantitative estimate of drug-likeness (QED) is 0.531. The number of anilines is 2. The lowest BCUT2D eigenvalue weighted by atomic mass is 10.0. The van der Waals surface area contributed by atoms with Gasteiger partial charge in [-0.05, 0) is 42.7 Å². The first kappa shape index (κ1) is 21.3. The van der Waals surface area contributed by atoms with Gasteiger partial charge in [0.05, 0.1) is 6.04 Å². The number of nitrogens with zero attached hydrogens (tertiary/aromatic N) is 1. The van der Waals surface area contributed by atoms with Gasteiger partial charge in [0, 0.05) is 24.2 Å². The Labute approximate surface area is 178 Å². The van der Waals surface area contributed by atoms with Gasteiger partial charge in [-0.15, -0.1) is 0 Å². The summed E-state index contributed by atoms with van der Waals surface area (Å²) in [6.07, 6.45) is 0.595. The van der Waals surface area contributed by atoms with E-state index in [-0.39, 0.29) is 30.2 Å². The van der Waals surface area contributed by atoms with Crippen molar-refractivity contribution in [3.8, 4) is 0 Å². The number of amides is 2. The van der Waals surface area contributed by atoms with Crippen LogP contribution in [0.2, 0.25) is 0 Å². The minimum absolute atomic E-state index is 0.0243. The molecular formula is C26H28N2O2. The molecule has 154 valence electrons. The molecule has 0 fully saturated rings. The molecule has 30 heavy (non-hydrogen) atoms. The van der Waals surface area contributed by atoms with Crippen molar-refractivity contribution >= 4 is 23.2 Å². The summed E-state index contributed by atoms with van der Waals surface area (Å²) in [5, 5.41) is 3.03. The van der Waals surface area contributed by atoms with Crippen molar-refractivity contribution in [3.05, 3.63) is 96.6 Å². The van der Waals surface area contributed by atoms with E-state index in [1.807, 2.05) is 105 Å². The zero-order chi connectivity index (χ0) is 21.3. The predicted molar refractivity (Wildman–Crippen MR) is 121 cm³/mol. The number of nitrogens with one attached hydrogen (secondary N) is 1. The van der Waals surface area contributed by atoms with Crippen molar-refractivity contribution in [2.75, 3.05) is 4.90 Å². The summed E-state index contributed by atoms with van der Waals surface area (Å²) in [6.45, 7) is 3.91. The highest BCUT2D eigenvalue weighted by Gasteiger charge is 2.22. The first-order valence-electron chi connectivity index (χ1n) is 10.3. The van der Waals surface area contributed by atoms with Crippen molar-refractivity contribution in [2.24, 2.45) is 5.92 Å². The van der Waals surface area contributed by atoms with Crippen LogP contribution in [0.4, 0.5) is 11.4 Å². The molecule has 1 N–H and O–H groups in total.